The molecule has 1 N–H and O–H groups in total. The SMILES string of the molecule is Oc1ccccc1C=Nc1ccc(-c2ccc(N=Cc3ccc4c(c3)OCO4)cc2)cc1. The fraction of sp³-hybridized carbons (Fsp3) is 0.0370. The van der Waals surface area contributed by atoms with Crippen molar-refractivity contribution < 1.29 is 14.6 Å². The number of aliphatic imine (C=N–C) groups is 2. The number of para-hydroxylation sites is 1. The monoisotopic (exact) mass is 420 g/mol. The van der Waals surface area contributed by atoms with Crippen LogP contribution in [-0.4, -0.2) is 24.3 Å². The molecule has 5 rings (SSSR count). The Balaban J connectivity index is 1.26. The minimum Gasteiger partial charge on any atom is -0.507 e. The maximum absolute atomic E-state index is 9.83. The Morgan fingerprint density at radius 1 is 0.656 bits per heavy atom. The molecule has 0 spiro atoms. The molecule has 0 aliphatic carbocycles. The van der Waals surface area contributed by atoms with Crippen molar-refractivity contribution >= 4 is 23.8 Å². The van der Waals surface area contributed by atoms with E-state index in [0.29, 0.717) is 5.56 Å². The first-order chi connectivity index (χ1) is 15.7. The van der Waals surface area contributed by atoms with Gasteiger partial charge >= 0.3 is 0 Å². The van der Waals surface area contributed by atoms with Crippen LogP contribution >= 0.6 is 0 Å². The number of hydrogen-bond acceptors (Lipinski definition) is 5. The number of rotatable bonds is 5. The van der Waals surface area contributed by atoms with Crippen LogP contribution in [0.4, 0.5) is 11.4 Å². The van der Waals surface area contributed by atoms with Gasteiger partial charge in [0, 0.05) is 18.0 Å². The van der Waals surface area contributed by atoms with Gasteiger partial charge in [-0.05, 0) is 71.3 Å². The van der Waals surface area contributed by atoms with E-state index in [-0.39, 0.29) is 12.5 Å². The van der Waals surface area contributed by atoms with E-state index in [0.717, 1.165) is 39.6 Å². The summed E-state index contributed by atoms with van der Waals surface area (Å²) >= 11 is 0. The van der Waals surface area contributed by atoms with E-state index in [1.807, 2.05) is 85.1 Å². The van der Waals surface area contributed by atoms with Crippen molar-refractivity contribution in [2.75, 3.05) is 6.79 Å². The van der Waals surface area contributed by atoms with E-state index in [2.05, 4.69) is 9.98 Å². The van der Waals surface area contributed by atoms with Crippen molar-refractivity contribution in [1.29, 1.82) is 0 Å². The summed E-state index contributed by atoms with van der Waals surface area (Å²) in [6.45, 7) is 0.265. The standard InChI is InChI=1S/C27H20N2O3/c30-25-4-2-1-3-22(25)17-29-24-12-8-21(9-13-24)20-6-10-23(11-7-20)28-16-19-5-14-26-27(15-19)32-18-31-26/h1-17,30H,18H2. The molecular formula is C27H20N2O3. The first-order valence-electron chi connectivity index (χ1n) is 10.2. The van der Waals surface area contributed by atoms with E-state index in [4.69, 9.17) is 9.47 Å². The van der Waals surface area contributed by atoms with Crippen LogP contribution in [0.25, 0.3) is 11.1 Å². The Kier molecular flexibility index (Phi) is 5.37. The van der Waals surface area contributed by atoms with Crippen LogP contribution in [0.5, 0.6) is 17.2 Å². The molecule has 0 atom stereocenters. The van der Waals surface area contributed by atoms with Crippen LogP contribution in [0, 0.1) is 0 Å². The predicted octanol–water partition coefficient (Wildman–Crippen LogP) is 6.29. The fourth-order valence-electron chi connectivity index (χ4n) is 3.36. The molecule has 5 nitrogen and oxygen atoms in total. The minimum absolute atomic E-state index is 0.217. The number of aromatic hydroxyl groups is 1. The molecule has 0 bridgehead atoms. The third-order valence-corrected chi connectivity index (χ3v) is 5.12. The molecule has 1 aliphatic rings. The summed E-state index contributed by atoms with van der Waals surface area (Å²) in [6, 6.07) is 28.9. The Morgan fingerprint density at radius 2 is 1.28 bits per heavy atom. The van der Waals surface area contributed by atoms with Crippen molar-refractivity contribution in [3.63, 3.8) is 0 Å². The van der Waals surface area contributed by atoms with Gasteiger partial charge in [-0.25, -0.2) is 0 Å². The average molecular weight is 420 g/mol. The molecule has 5 heteroatoms. The highest BCUT2D eigenvalue weighted by atomic mass is 16.7. The van der Waals surface area contributed by atoms with Gasteiger partial charge in [0.1, 0.15) is 5.75 Å². The Morgan fingerprint density at radius 3 is 1.97 bits per heavy atom. The molecule has 0 aromatic heterocycles. The zero-order valence-electron chi connectivity index (χ0n) is 17.2. The lowest BCUT2D eigenvalue weighted by atomic mass is 10.1. The number of hydrogen-bond donors (Lipinski definition) is 1. The molecule has 32 heavy (non-hydrogen) atoms. The zero-order valence-corrected chi connectivity index (χ0v) is 17.2. The fourth-order valence-corrected chi connectivity index (χ4v) is 3.36. The highest BCUT2D eigenvalue weighted by molar-refractivity contribution is 5.85. The number of fused-ring (bicyclic) bond motifs is 1. The van der Waals surface area contributed by atoms with Gasteiger partial charge in [-0.1, -0.05) is 36.4 Å². The summed E-state index contributed by atoms with van der Waals surface area (Å²) in [6.07, 6.45) is 3.48. The molecule has 0 saturated heterocycles. The number of ether oxygens (including phenoxy) is 2. The summed E-state index contributed by atoms with van der Waals surface area (Å²) in [4.78, 5) is 8.99. The van der Waals surface area contributed by atoms with Crippen molar-refractivity contribution in [1.82, 2.24) is 0 Å². The summed E-state index contributed by atoms with van der Waals surface area (Å²) in [5.74, 6) is 1.73. The van der Waals surface area contributed by atoms with Crippen LogP contribution in [-0.2, 0) is 0 Å². The second-order valence-corrected chi connectivity index (χ2v) is 7.28. The van der Waals surface area contributed by atoms with Gasteiger partial charge in [-0.2, -0.15) is 0 Å². The van der Waals surface area contributed by atoms with Crippen molar-refractivity contribution in [3.05, 3.63) is 102 Å². The summed E-state index contributed by atoms with van der Waals surface area (Å²) < 4.78 is 10.7. The Labute approximate surface area is 186 Å². The molecule has 0 amide bonds. The normalized spacial score (nSPS) is 12.6. The molecule has 1 heterocycles. The van der Waals surface area contributed by atoms with Gasteiger partial charge in [0.2, 0.25) is 6.79 Å². The van der Waals surface area contributed by atoms with Gasteiger partial charge < -0.3 is 14.6 Å². The molecular weight excluding hydrogens is 400 g/mol. The number of phenols is 1. The second kappa shape index (κ2) is 8.78. The van der Waals surface area contributed by atoms with Crippen LogP contribution in [0.1, 0.15) is 11.1 Å². The van der Waals surface area contributed by atoms with Crippen LogP contribution < -0.4 is 9.47 Å². The molecule has 0 fully saturated rings. The van der Waals surface area contributed by atoms with Crippen molar-refractivity contribution in [3.8, 4) is 28.4 Å². The highest BCUT2D eigenvalue weighted by Crippen LogP contribution is 2.32. The van der Waals surface area contributed by atoms with Crippen LogP contribution in [0.2, 0.25) is 0 Å². The number of nitrogens with zero attached hydrogens (tertiary/aromatic N) is 2. The molecule has 156 valence electrons. The maximum atomic E-state index is 9.83. The number of benzene rings is 4. The smallest absolute Gasteiger partial charge is 0.231 e. The molecule has 0 radical (unpaired) electrons. The maximum Gasteiger partial charge on any atom is 0.231 e. The van der Waals surface area contributed by atoms with Crippen molar-refractivity contribution in [2.24, 2.45) is 9.98 Å². The van der Waals surface area contributed by atoms with E-state index < -0.39 is 0 Å². The zero-order chi connectivity index (χ0) is 21.8. The summed E-state index contributed by atoms with van der Waals surface area (Å²) in [5, 5.41) is 9.83. The first-order valence-corrected chi connectivity index (χ1v) is 10.2. The molecule has 0 saturated carbocycles. The second-order valence-electron chi connectivity index (χ2n) is 7.28. The lowest BCUT2D eigenvalue weighted by Crippen LogP contribution is -1.92. The van der Waals surface area contributed by atoms with E-state index >= 15 is 0 Å². The number of phenolic OH excluding ortho intramolecular Hbond substituents is 1. The van der Waals surface area contributed by atoms with Gasteiger partial charge in [-0.15, -0.1) is 0 Å². The lowest BCUT2D eigenvalue weighted by Gasteiger charge is -2.03. The van der Waals surface area contributed by atoms with Gasteiger partial charge in [0.15, 0.2) is 11.5 Å². The van der Waals surface area contributed by atoms with E-state index in [1.165, 1.54) is 0 Å². The van der Waals surface area contributed by atoms with E-state index in [1.54, 1.807) is 18.3 Å². The highest BCUT2D eigenvalue weighted by Gasteiger charge is 2.12. The molecule has 0 unspecified atom stereocenters. The van der Waals surface area contributed by atoms with Gasteiger partial charge in [0.25, 0.3) is 0 Å². The lowest BCUT2D eigenvalue weighted by molar-refractivity contribution is 0.174. The minimum atomic E-state index is 0.217. The quantitative estimate of drug-likeness (QED) is 0.386. The first kappa shape index (κ1) is 19.6. The van der Waals surface area contributed by atoms with Crippen LogP contribution in [0.3, 0.4) is 0 Å². The largest absolute Gasteiger partial charge is 0.507 e. The molecule has 4 aromatic carbocycles. The summed E-state index contributed by atoms with van der Waals surface area (Å²) in [5.41, 5.74) is 5.53. The molecule has 4 aromatic rings. The Hall–Kier alpha value is -4.38. The average Bonchev–Trinajstić information content (AvgIpc) is 3.31. The Bertz CT molecular complexity index is 1290. The summed E-state index contributed by atoms with van der Waals surface area (Å²) in [7, 11) is 0. The third kappa shape index (κ3) is 4.37. The van der Waals surface area contributed by atoms with Gasteiger partial charge in [0.05, 0.1) is 11.4 Å². The van der Waals surface area contributed by atoms with E-state index in [9.17, 15) is 5.11 Å². The van der Waals surface area contributed by atoms with Crippen molar-refractivity contribution in [2.45, 2.75) is 0 Å². The third-order valence-electron chi connectivity index (χ3n) is 5.12. The predicted molar refractivity (Wildman–Crippen MR) is 127 cm³/mol. The van der Waals surface area contributed by atoms with Gasteiger partial charge in [-0.3, -0.25) is 9.98 Å². The topological polar surface area (TPSA) is 63.4 Å². The molecule has 1 aliphatic heterocycles. The van der Waals surface area contributed by atoms with Crippen LogP contribution in [0.15, 0.2) is 101 Å².